The molecule has 0 aromatic heterocycles. The number of nitrogens with two attached hydrogens (primary N) is 1. The maximum absolute atomic E-state index is 13.5. The zero-order chi connectivity index (χ0) is 25.1. The molecule has 35 heavy (non-hydrogen) atoms. The summed E-state index contributed by atoms with van der Waals surface area (Å²) in [5.41, 5.74) is 3.95. The number of allylic oxidation sites excluding steroid dienone is 2. The van der Waals surface area contributed by atoms with Gasteiger partial charge in [-0.05, 0) is 41.5 Å². The lowest BCUT2D eigenvalue weighted by Gasteiger charge is -2.45. The van der Waals surface area contributed by atoms with Gasteiger partial charge in [-0.15, -0.1) is 0 Å². The zero-order valence-electron chi connectivity index (χ0n) is 18.6. The number of hydrogen-bond acceptors (Lipinski definition) is 7. The Balaban J connectivity index is 1.62. The lowest BCUT2D eigenvalue weighted by atomic mass is 9.60. The van der Waals surface area contributed by atoms with Crippen molar-refractivity contribution in [1.82, 2.24) is 0 Å². The van der Waals surface area contributed by atoms with Gasteiger partial charge in [0.05, 0.1) is 5.56 Å². The third-order valence-corrected chi connectivity index (χ3v) is 7.24. The van der Waals surface area contributed by atoms with Crippen LogP contribution < -0.4 is 5.73 Å². The molecule has 1 amide bonds. The van der Waals surface area contributed by atoms with Crippen LogP contribution in [0.2, 0.25) is 0 Å². The normalized spacial score (nSPS) is 26.0. The number of benzene rings is 2. The number of carbonyl (C=O) groups is 3. The number of aliphatic hydroxyl groups excluding tert-OH is 2. The van der Waals surface area contributed by atoms with Crippen LogP contribution in [0.3, 0.4) is 0 Å². The molecule has 178 valence electrons. The van der Waals surface area contributed by atoms with Crippen molar-refractivity contribution in [2.24, 2.45) is 17.6 Å². The smallest absolute Gasteiger partial charge is 0.255 e. The number of Topliss-reactive ketones (excluding diaryl/α,β-unsaturated/α-hetero) is 2. The van der Waals surface area contributed by atoms with Crippen LogP contribution >= 0.6 is 0 Å². The van der Waals surface area contributed by atoms with E-state index in [1.54, 1.807) is 6.07 Å². The second-order valence-electron chi connectivity index (χ2n) is 9.18. The molecule has 3 atom stereocenters. The minimum absolute atomic E-state index is 0.00293. The molecule has 2 aromatic rings. The number of primary amides is 1. The highest BCUT2D eigenvalue weighted by Crippen LogP contribution is 2.51. The van der Waals surface area contributed by atoms with Crippen molar-refractivity contribution in [1.29, 1.82) is 0 Å². The lowest BCUT2D eigenvalue weighted by Crippen LogP contribution is -2.57. The van der Waals surface area contributed by atoms with E-state index in [-0.39, 0.29) is 36.1 Å². The van der Waals surface area contributed by atoms with Gasteiger partial charge in [0.1, 0.15) is 22.8 Å². The Morgan fingerprint density at radius 2 is 1.71 bits per heavy atom. The van der Waals surface area contributed by atoms with E-state index in [1.807, 2.05) is 42.5 Å². The molecule has 0 radical (unpaired) electrons. The SMILES string of the molecule is NC(=O)C1=C(O)C[C@@H]2C[C@@H]3Cc4c(/C=C/c5ccccc5)ccc(O)c4C(=O)C3=C(O)[C@]2(O)C1=O. The highest BCUT2D eigenvalue weighted by atomic mass is 16.3. The molecule has 3 aliphatic carbocycles. The van der Waals surface area contributed by atoms with E-state index in [2.05, 4.69) is 0 Å². The molecule has 8 nitrogen and oxygen atoms in total. The average Bonchev–Trinajstić information content (AvgIpc) is 2.81. The Labute approximate surface area is 200 Å². The molecule has 0 saturated carbocycles. The summed E-state index contributed by atoms with van der Waals surface area (Å²) in [5, 5.41) is 43.1. The first kappa shape index (κ1) is 22.6. The van der Waals surface area contributed by atoms with Crippen LogP contribution in [0.15, 0.2) is 65.1 Å². The summed E-state index contributed by atoms with van der Waals surface area (Å²) >= 11 is 0. The first-order valence-electron chi connectivity index (χ1n) is 11.2. The lowest BCUT2D eigenvalue weighted by molar-refractivity contribution is -0.144. The van der Waals surface area contributed by atoms with Gasteiger partial charge in [-0.25, -0.2) is 0 Å². The van der Waals surface area contributed by atoms with Crippen LogP contribution in [-0.4, -0.2) is 43.5 Å². The Hall–Kier alpha value is -4.17. The van der Waals surface area contributed by atoms with E-state index >= 15 is 0 Å². The summed E-state index contributed by atoms with van der Waals surface area (Å²) in [4.78, 5) is 38.2. The van der Waals surface area contributed by atoms with Gasteiger partial charge in [0.2, 0.25) is 5.78 Å². The van der Waals surface area contributed by atoms with Gasteiger partial charge in [0, 0.05) is 17.9 Å². The van der Waals surface area contributed by atoms with Crippen LogP contribution in [0.5, 0.6) is 5.75 Å². The topological polar surface area (TPSA) is 158 Å². The molecule has 0 fully saturated rings. The number of phenols is 1. The van der Waals surface area contributed by atoms with Crippen molar-refractivity contribution in [3.63, 3.8) is 0 Å². The predicted octanol–water partition coefficient (Wildman–Crippen LogP) is 2.75. The van der Waals surface area contributed by atoms with Crippen LogP contribution in [-0.2, 0) is 16.0 Å². The molecular formula is C27H23NO7. The number of ketones is 2. The number of rotatable bonds is 3. The Morgan fingerprint density at radius 1 is 1.00 bits per heavy atom. The van der Waals surface area contributed by atoms with Crippen molar-refractivity contribution in [3.05, 3.63) is 87.4 Å². The molecule has 0 heterocycles. The van der Waals surface area contributed by atoms with E-state index in [4.69, 9.17) is 5.73 Å². The average molecular weight is 473 g/mol. The van der Waals surface area contributed by atoms with Crippen LogP contribution in [0.4, 0.5) is 0 Å². The third-order valence-electron chi connectivity index (χ3n) is 7.24. The number of amides is 1. The van der Waals surface area contributed by atoms with Gasteiger partial charge in [-0.3, -0.25) is 14.4 Å². The van der Waals surface area contributed by atoms with Gasteiger partial charge in [0.25, 0.3) is 5.91 Å². The molecule has 0 bridgehead atoms. The fourth-order valence-electron chi connectivity index (χ4n) is 5.55. The molecule has 5 rings (SSSR count). The largest absolute Gasteiger partial charge is 0.511 e. The molecule has 0 unspecified atom stereocenters. The summed E-state index contributed by atoms with van der Waals surface area (Å²) in [6.45, 7) is 0. The second-order valence-corrected chi connectivity index (χ2v) is 9.18. The summed E-state index contributed by atoms with van der Waals surface area (Å²) in [6, 6.07) is 12.6. The van der Waals surface area contributed by atoms with Crippen LogP contribution in [0.1, 0.15) is 39.9 Å². The molecule has 6 N–H and O–H groups in total. The highest BCUT2D eigenvalue weighted by Gasteiger charge is 2.59. The number of fused-ring (bicyclic) bond motifs is 3. The standard InChI is InChI=1S/C27H23NO7/c28-26(34)22-19(30)12-16-10-15-11-17-14(7-6-13-4-2-1-3-5-13)8-9-18(29)21(17)23(31)20(15)24(32)27(16,35)25(22)33/h1-9,15-16,29-30,32,35H,10-12H2,(H2,28,34)/b7-6+/t15-,16+,27+/m1/s1. The Bertz CT molecular complexity index is 1390. The van der Waals surface area contributed by atoms with Gasteiger partial charge in [-0.1, -0.05) is 48.6 Å². The molecule has 8 heteroatoms. The van der Waals surface area contributed by atoms with E-state index in [0.29, 0.717) is 11.1 Å². The minimum Gasteiger partial charge on any atom is -0.511 e. The molecule has 0 saturated heterocycles. The minimum atomic E-state index is -2.56. The Kier molecular flexibility index (Phi) is 5.14. The van der Waals surface area contributed by atoms with Crippen molar-refractivity contribution < 1.29 is 34.8 Å². The van der Waals surface area contributed by atoms with E-state index in [1.165, 1.54) is 6.07 Å². The molecule has 2 aromatic carbocycles. The third kappa shape index (κ3) is 3.29. The second kappa shape index (κ2) is 7.95. The zero-order valence-corrected chi connectivity index (χ0v) is 18.6. The number of carbonyl (C=O) groups excluding carboxylic acids is 3. The summed E-state index contributed by atoms with van der Waals surface area (Å²) in [7, 11) is 0. The van der Waals surface area contributed by atoms with Gasteiger partial charge >= 0.3 is 0 Å². The van der Waals surface area contributed by atoms with E-state index in [0.717, 1.165) is 5.56 Å². The van der Waals surface area contributed by atoms with Crippen molar-refractivity contribution in [2.75, 3.05) is 0 Å². The molecular weight excluding hydrogens is 450 g/mol. The van der Waals surface area contributed by atoms with E-state index in [9.17, 15) is 34.8 Å². The van der Waals surface area contributed by atoms with Crippen molar-refractivity contribution in [2.45, 2.75) is 24.9 Å². The summed E-state index contributed by atoms with van der Waals surface area (Å²) in [6.07, 6.45) is 3.83. The van der Waals surface area contributed by atoms with Crippen molar-refractivity contribution >= 4 is 29.6 Å². The van der Waals surface area contributed by atoms with E-state index < -0.39 is 52.0 Å². The predicted molar refractivity (Wildman–Crippen MR) is 126 cm³/mol. The molecule has 3 aliphatic rings. The first-order chi connectivity index (χ1) is 16.6. The fourth-order valence-corrected chi connectivity index (χ4v) is 5.55. The monoisotopic (exact) mass is 473 g/mol. The molecule has 0 spiro atoms. The number of phenolic OH excluding ortho intramolecular Hbond substituents is 1. The summed E-state index contributed by atoms with van der Waals surface area (Å²) in [5.74, 6) is -6.35. The maximum atomic E-state index is 13.5. The van der Waals surface area contributed by atoms with Gasteiger partial charge < -0.3 is 26.2 Å². The first-order valence-corrected chi connectivity index (χ1v) is 11.2. The number of hydrogen-bond donors (Lipinski definition) is 5. The van der Waals surface area contributed by atoms with Crippen LogP contribution in [0, 0.1) is 11.8 Å². The van der Waals surface area contributed by atoms with Crippen molar-refractivity contribution in [3.8, 4) is 5.75 Å². The number of aromatic hydroxyl groups is 1. The van der Waals surface area contributed by atoms with Gasteiger partial charge in [-0.2, -0.15) is 0 Å². The molecule has 0 aliphatic heterocycles. The van der Waals surface area contributed by atoms with Crippen LogP contribution in [0.25, 0.3) is 12.2 Å². The fraction of sp³-hybridized carbons (Fsp3) is 0.222. The Morgan fingerprint density at radius 3 is 2.40 bits per heavy atom. The number of aliphatic hydroxyl groups is 3. The maximum Gasteiger partial charge on any atom is 0.255 e. The highest BCUT2D eigenvalue weighted by molar-refractivity contribution is 6.24. The quantitative estimate of drug-likeness (QED) is 0.339. The summed E-state index contributed by atoms with van der Waals surface area (Å²) < 4.78 is 0. The van der Waals surface area contributed by atoms with Gasteiger partial charge in [0.15, 0.2) is 11.4 Å².